The third kappa shape index (κ3) is 1.79. The van der Waals surface area contributed by atoms with Crippen LogP contribution in [0.25, 0.3) is 0 Å². The van der Waals surface area contributed by atoms with E-state index in [4.69, 9.17) is 4.74 Å². The summed E-state index contributed by atoms with van der Waals surface area (Å²) in [6.45, 7) is 3.83. The minimum Gasteiger partial charge on any atom is -0.504 e. The fourth-order valence-electron chi connectivity index (χ4n) is 2.41. The van der Waals surface area contributed by atoms with Crippen LogP contribution in [0.3, 0.4) is 0 Å². The normalized spacial score (nSPS) is 24.4. The van der Waals surface area contributed by atoms with E-state index in [0.717, 1.165) is 0 Å². The first-order valence-electron chi connectivity index (χ1n) is 6.20. The smallest absolute Gasteiger partial charge is 0.228 e. The number of fused-ring (bicyclic) bond motifs is 1. The van der Waals surface area contributed by atoms with E-state index in [1.807, 2.05) is 13.8 Å². The maximum atomic E-state index is 12.3. The molecule has 0 amide bonds. The van der Waals surface area contributed by atoms with Crippen LogP contribution in [0.15, 0.2) is 35.6 Å². The van der Waals surface area contributed by atoms with Gasteiger partial charge in [0.15, 0.2) is 11.5 Å². The third-order valence-corrected chi connectivity index (χ3v) is 3.75. The lowest BCUT2D eigenvalue weighted by molar-refractivity contribution is 0.0925. The molecule has 1 fully saturated rings. The van der Waals surface area contributed by atoms with E-state index in [9.17, 15) is 14.7 Å². The second kappa shape index (κ2) is 3.78. The Hall–Kier alpha value is -1.94. The Labute approximate surface area is 110 Å². The molecule has 0 saturated carbocycles. The molecule has 4 heteroatoms. The fourth-order valence-corrected chi connectivity index (χ4v) is 2.41. The molecular weight excluding hydrogens is 244 g/mol. The molecule has 1 heterocycles. The van der Waals surface area contributed by atoms with Gasteiger partial charge in [-0.1, -0.05) is 24.3 Å². The molecule has 0 aromatic heterocycles. The molecule has 0 bridgehead atoms. The van der Waals surface area contributed by atoms with Crippen LogP contribution < -0.4 is 0 Å². The van der Waals surface area contributed by atoms with Crippen LogP contribution in [0, 0.1) is 0 Å². The van der Waals surface area contributed by atoms with E-state index in [0.29, 0.717) is 5.56 Å². The Morgan fingerprint density at radius 2 is 1.68 bits per heavy atom. The van der Waals surface area contributed by atoms with Gasteiger partial charge in [-0.15, -0.1) is 0 Å². The number of hydrogen-bond acceptors (Lipinski definition) is 4. The average Bonchev–Trinajstić information content (AvgIpc) is 2.99. The molecule has 1 atom stereocenters. The summed E-state index contributed by atoms with van der Waals surface area (Å²) in [6, 6.07) is 6.55. The molecule has 4 nitrogen and oxygen atoms in total. The van der Waals surface area contributed by atoms with E-state index < -0.39 is 11.5 Å². The monoisotopic (exact) mass is 258 g/mol. The number of benzene rings is 1. The van der Waals surface area contributed by atoms with Crippen LogP contribution >= 0.6 is 0 Å². The van der Waals surface area contributed by atoms with Crippen molar-refractivity contribution in [3.63, 3.8) is 0 Å². The highest BCUT2D eigenvalue weighted by molar-refractivity contribution is 6.26. The largest absolute Gasteiger partial charge is 0.504 e. The summed E-state index contributed by atoms with van der Waals surface area (Å²) in [4.78, 5) is 24.4. The number of carbonyl (C=O) groups is 2. The highest BCUT2D eigenvalue weighted by Gasteiger charge is 2.49. The molecule has 2 aliphatic rings. The Morgan fingerprint density at radius 1 is 1.16 bits per heavy atom. The van der Waals surface area contributed by atoms with Gasteiger partial charge < -0.3 is 9.84 Å². The van der Waals surface area contributed by atoms with Crippen molar-refractivity contribution in [1.29, 1.82) is 0 Å². The molecule has 19 heavy (non-hydrogen) atoms. The molecule has 0 spiro atoms. The molecule has 3 rings (SSSR count). The molecule has 1 aromatic carbocycles. The fraction of sp³-hybridized carbons (Fsp3) is 0.333. The van der Waals surface area contributed by atoms with Crippen LogP contribution in [-0.4, -0.2) is 28.4 Å². The van der Waals surface area contributed by atoms with Crippen molar-refractivity contribution in [2.75, 3.05) is 0 Å². The van der Waals surface area contributed by atoms with Crippen LogP contribution in [-0.2, 0) is 4.74 Å². The lowest BCUT2D eigenvalue weighted by Crippen LogP contribution is -2.23. The van der Waals surface area contributed by atoms with Crippen molar-refractivity contribution < 1.29 is 19.4 Å². The van der Waals surface area contributed by atoms with E-state index in [-0.39, 0.29) is 35.0 Å². The number of carbonyl (C=O) groups excluding carboxylic acids is 2. The number of ketones is 2. The number of rotatable bonds is 2. The van der Waals surface area contributed by atoms with Gasteiger partial charge in [0, 0.05) is 23.1 Å². The van der Waals surface area contributed by atoms with Gasteiger partial charge >= 0.3 is 0 Å². The van der Waals surface area contributed by atoms with Gasteiger partial charge in [-0.3, -0.25) is 9.59 Å². The van der Waals surface area contributed by atoms with E-state index in [2.05, 4.69) is 0 Å². The minimum absolute atomic E-state index is 0.119. The number of epoxide rings is 1. The Balaban J connectivity index is 1.99. The second-order valence-electron chi connectivity index (χ2n) is 5.45. The first-order valence-corrected chi connectivity index (χ1v) is 6.20. The van der Waals surface area contributed by atoms with Crippen molar-refractivity contribution in [3.8, 4) is 0 Å². The molecule has 98 valence electrons. The van der Waals surface area contributed by atoms with Gasteiger partial charge in [0.05, 0.1) is 11.7 Å². The van der Waals surface area contributed by atoms with Gasteiger partial charge in [-0.25, -0.2) is 0 Å². The van der Waals surface area contributed by atoms with Gasteiger partial charge in [-0.2, -0.15) is 0 Å². The zero-order valence-electron chi connectivity index (χ0n) is 10.8. The van der Waals surface area contributed by atoms with Crippen LogP contribution in [0.1, 0.15) is 41.0 Å². The summed E-state index contributed by atoms with van der Waals surface area (Å²) in [5, 5.41) is 9.96. The standard InChI is InChI=1S/C15H14O4/c1-15(2)11(19-15)7-10-12(16)8-5-3-4-6-9(8)13(17)14(10)18/h3-6,11,18H,7H2,1-2H3. The molecule has 1 aliphatic heterocycles. The topological polar surface area (TPSA) is 66.9 Å². The number of Topliss-reactive ketones (excluding diaryl/α,β-unsaturated/α-hetero) is 2. The summed E-state index contributed by atoms with van der Waals surface area (Å²) in [5.41, 5.74) is 0.510. The van der Waals surface area contributed by atoms with Gasteiger partial charge in [0.25, 0.3) is 0 Å². The highest BCUT2D eigenvalue weighted by Crippen LogP contribution is 2.41. The zero-order valence-corrected chi connectivity index (χ0v) is 10.8. The van der Waals surface area contributed by atoms with Crippen molar-refractivity contribution in [2.24, 2.45) is 0 Å². The molecule has 1 N–H and O–H groups in total. The third-order valence-electron chi connectivity index (χ3n) is 3.75. The van der Waals surface area contributed by atoms with Crippen LogP contribution in [0.4, 0.5) is 0 Å². The van der Waals surface area contributed by atoms with Gasteiger partial charge in [0.1, 0.15) is 0 Å². The van der Waals surface area contributed by atoms with E-state index in [1.165, 1.54) is 0 Å². The summed E-state index contributed by atoms with van der Waals surface area (Å²) < 4.78 is 5.42. The summed E-state index contributed by atoms with van der Waals surface area (Å²) in [5.74, 6) is -1.20. The lowest BCUT2D eigenvalue weighted by Gasteiger charge is -2.17. The maximum Gasteiger partial charge on any atom is 0.228 e. The zero-order chi connectivity index (χ0) is 13.8. The van der Waals surface area contributed by atoms with E-state index in [1.54, 1.807) is 24.3 Å². The first kappa shape index (κ1) is 12.1. The lowest BCUT2D eigenvalue weighted by atomic mass is 9.85. The van der Waals surface area contributed by atoms with Crippen molar-refractivity contribution in [3.05, 3.63) is 46.7 Å². The minimum atomic E-state index is -0.483. The molecule has 1 aliphatic carbocycles. The molecule has 1 aromatic rings. The predicted octanol–water partition coefficient (Wildman–Crippen LogP) is 2.45. The quantitative estimate of drug-likeness (QED) is 0.827. The van der Waals surface area contributed by atoms with Crippen LogP contribution in [0.2, 0.25) is 0 Å². The highest BCUT2D eigenvalue weighted by atomic mass is 16.6. The number of aliphatic hydroxyl groups is 1. The van der Waals surface area contributed by atoms with E-state index >= 15 is 0 Å². The SMILES string of the molecule is CC1(C)OC1CC1=C(O)C(=O)c2ccccc2C1=O. The molecular formula is C15H14O4. The summed E-state index contributed by atoms with van der Waals surface area (Å²) in [6.07, 6.45) is 0.157. The maximum absolute atomic E-state index is 12.3. The van der Waals surface area contributed by atoms with Gasteiger partial charge in [0.2, 0.25) is 5.78 Å². The van der Waals surface area contributed by atoms with Gasteiger partial charge in [-0.05, 0) is 13.8 Å². The first-order chi connectivity index (χ1) is 8.92. The van der Waals surface area contributed by atoms with Crippen molar-refractivity contribution in [2.45, 2.75) is 32.0 Å². The number of ether oxygens (including phenoxy) is 1. The van der Waals surface area contributed by atoms with Crippen molar-refractivity contribution >= 4 is 11.6 Å². The molecule has 1 unspecified atom stereocenters. The average molecular weight is 258 g/mol. The van der Waals surface area contributed by atoms with Crippen LogP contribution in [0.5, 0.6) is 0 Å². The Bertz CT molecular complexity index is 625. The second-order valence-corrected chi connectivity index (χ2v) is 5.45. The summed E-state index contributed by atoms with van der Waals surface area (Å²) >= 11 is 0. The number of hydrogen-bond donors (Lipinski definition) is 1. The number of allylic oxidation sites excluding steroid dienone is 1. The molecule has 0 radical (unpaired) electrons. The summed E-state index contributed by atoms with van der Waals surface area (Å²) in [7, 11) is 0. The molecule has 1 saturated heterocycles. The Morgan fingerprint density at radius 3 is 2.21 bits per heavy atom. The number of aliphatic hydroxyl groups excluding tert-OH is 1. The predicted molar refractivity (Wildman–Crippen MR) is 68.3 cm³/mol. The Kier molecular flexibility index (Phi) is 2.41. The van der Waals surface area contributed by atoms with Crippen molar-refractivity contribution in [1.82, 2.24) is 0 Å².